The summed E-state index contributed by atoms with van der Waals surface area (Å²) in [5.41, 5.74) is 4.28. The molecule has 5 aromatic rings. The number of hydrogen-bond donors (Lipinski definition) is 0. The molecule has 8 nitrogen and oxygen atoms in total. The number of rotatable bonds is 4. The minimum absolute atomic E-state index is 0.224. The predicted molar refractivity (Wildman–Crippen MR) is 117 cm³/mol. The van der Waals surface area contributed by atoms with Gasteiger partial charge in [0, 0.05) is 11.6 Å². The number of fused-ring (bicyclic) bond motifs is 2. The van der Waals surface area contributed by atoms with E-state index >= 15 is 0 Å². The van der Waals surface area contributed by atoms with Crippen molar-refractivity contribution in [3.63, 3.8) is 0 Å². The second-order valence-electron chi connectivity index (χ2n) is 6.49. The molecule has 0 saturated heterocycles. The van der Waals surface area contributed by atoms with Crippen LogP contribution in [0.2, 0.25) is 0 Å². The number of methoxy groups -OCH3 is 1. The summed E-state index contributed by atoms with van der Waals surface area (Å²) in [4.78, 5) is 25.6. The number of ether oxygens (including phenoxy) is 2. The Balaban J connectivity index is 1.61. The van der Waals surface area contributed by atoms with Gasteiger partial charge in [-0.25, -0.2) is 9.59 Å². The lowest BCUT2D eigenvalue weighted by atomic mass is 9.94. The number of nitrogens with zero attached hydrogens (tertiary/aromatic N) is 4. The Kier molecular flexibility index (Phi) is 4.85. The predicted octanol–water partition coefficient (Wildman–Crippen LogP) is 4.37. The minimum atomic E-state index is -0.611. The summed E-state index contributed by atoms with van der Waals surface area (Å²) in [6.07, 6.45) is 0. The number of hydrogen-bond acceptors (Lipinski definition) is 10. The van der Waals surface area contributed by atoms with Gasteiger partial charge >= 0.3 is 11.9 Å². The molecule has 152 valence electrons. The first-order chi connectivity index (χ1) is 15.1. The summed E-state index contributed by atoms with van der Waals surface area (Å²) in [6.45, 7) is 0. The maximum Gasteiger partial charge on any atom is 0.344 e. The monoisotopic (exact) mass is 448 g/mol. The van der Waals surface area contributed by atoms with E-state index in [0.29, 0.717) is 27.9 Å². The number of benzene rings is 3. The number of aromatic nitrogens is 4. The SMILES string of the molecule is COC(=O)c1cccc(C(=O)Oc2ccc3nsnc3c2)c1-c1ccc2nsnc2c1. The van der Waals surface area contributed by atoms with Crippen molar-refractivity contribution in [1.29, 1.82) is 0 Å². The summed E-state index contributed by atoms with van der Waals surface area (Å²) < 4.78 is 27.3. The summed E-state index contributed by atoms with van der Waals surface area (Å²) in [5.74, 6) is -0.838. The van der Waals surface area contributed by atoms with E-state index in [0.717, 1.165) is 34.5 Å². The Bertz CT molecular complexity index is 1460. The standard InChI is InChI=1S/C21H12N4O4S2/c1-28-20(26)13-3-2-4-14(19(13)11-5-7-15-17(9-11)24-30-22-15)21(27)29-12-6-8-16-18(10-12)25-31-23-16/h2-10H,1H3. The van der Waals surface area contributed by atoms with Gasteiger partial charge in [-0.2, -0.15) is 17.5 Å². The second kappa shape index (κ2) is 7.82. The first-order valence-electron chi connectivity index (χ1n) is 9.02. The average Bonchev–Trinajstić information content (AvgIpc) is 3.46. The van der Waals surface area contributed by atoms with Crippen molar-refractivity contribution >= 4 is 57.5 Å². The third-order valence-electron chi connectivity index (χ3n) is 4.67. The van der Waals surface area contributed by atoms with Crippen molar-refractivity contribution in [2.24, 2.45) is 0 Å². The van der Waals surface area contributed by atoms with Crippen LogP contribution < -0.4 is 4.74 Å². The maximum absolute atomic E-state index is 13.1. The molecular formula is C21H12N4O4S2. The van der Waals surface area contributed by atoms with E-state index in [9.17, 15) is 9.59 Å². The van der Waals surface area contributed by atoms with Gasteiger partial charge in [-0.15, -0.1) is 0 Å². The molecule has 0 saturated carbocycles. The normalized spacial score (nSPS) is 11.0. The smallest absolute Gasteiger partial charge is 0.344 e. The zero-order chi connectivity index (χ0) is 21.4. The van der Waals surface area contributed by atoms with Crippen LogP contribution in [-0.4, -0.2) is 36.5 Å². The molecule has 0 aliphatic carbocycles. The van der Waals surface area contributed by atoms with E-state index in [1.54, 1.807) is 54.6 Å². The number of esters is 2. The van der Waals surface area contributed by atoms with Crippen molar-refractivity contribution in [1.82, 2.24) is 17.5 Å². The van der Waals surface area contributed by atoms with Crippen LogP contribution in [0.25, 0.3) is 33.2 Å². The van der Waals surface area contributed by atoms with Crippen molar-refractivity contribution in [2.45, 2.75) is 0 Å². The van der Waals surface area contributed by atoms with Crippen LogP contribution >= 0.6 is 23.5 Å². The third-order valence-corrected chi connectivity index (χ3v) is 5.78. The van der Waals surface area contributed by atoms with Crippen molar-refractivity contribution in [3.8, 4) is 16.9 Å². The van der Waals surface area contributed by atoms with E-state index in [2.05, 4.69) is 17.5 Å². The maximum atomic E-state index is 13.1. The van der Waals surface area contributed by atoms with E-state index in [1.807, 2.05) is 0 Å². The quantitative estimate of drug-likeness (QED) is 0.295. The summed E-state index contributed by atoms with van der Waals surface area (Å²) >= 11 is 2.18. The molecule has 0 N–H and O–H groups in total. The Morgan fingerprint density at radius 2 is 1.35 bits per heavy atom. The van der Waals surface area contributed by atoms with Gasteiger partial charge in [0.1, 0.15) is 27.8 Å². The molecule has 2 aromatic heterocycles. The van der Waals surface area contributed by atoms with Crippen LogP contribution in [0.5, 0.6) is 5.75 Å². The van der Waals surface area contributed by atoms with Gasteiger partial charge in [0.05, 0.1) is 41.7 Å². The first kappa shape index (κ1) is 19.2. The van der Waals surface area contributed by atoms with Gasteiger partial charge in [-0.05, 0) is 42.0 Å². The topological polar surface area (TPSA) is 104 Å². The van der Waals surface area contributed by atoms with E-state index in [-0.39, 0.29) is 11.1 Å². The summed E-state index contributed by atoms with van der Waals surface area (Å²) in [7, 11) is 1.29. The second-order valence-corrected chi connectivity index (χ2v) is 7.55. The number of carbonyl (C=O) groups excluding carboxylic acids is 2. The molecule has 0 spiro atoms. The van der Waals surface area contributed by atoms with Gasteiger partial charge in [-0.1, -0.05) is 12.1 Å². The molecule has 0 atom stereocenters. The largest absolute Gasteiger partial charge is 0.465 e. The Morgan fingerprint density at radius 1 is 0.742 bits per heavy atom. The van der Waals surface area contributed by atoms with Crippen LogP contribution in [0.3, 0.4) is 0 Å². The van der Waals surface area contributed by atoms with Crippen LogP contribution in [0.15, 0.2) is 54.6 Å². The molecule has 5 rings (SSSR count). The molecule has 2 heterocycles. The highest BCUT2D eigenvalue weighted by Crippen LogP contribution is 2.32. The minimum Gasteiger partial charge on any atom is -0.465 e. The summed E-state index contributed by atoms with van der Waals surface area (Å²) in [5, 5.41) is 0. The van der Waals surface area contributed by atoms with E-state index in [4.69, 9.17) is 9.47 Å². The Hall–Kier alpha value is -3.76. The fourth-order valence-corrected chi connectivity index (χ4v) is 4.27. The van der Waals surface area contributed by atoms with Crippen molar-refractivity contribution < 1.29 is 19.1 Å². The van der Waals surface area contributed by atoms with Crippen LogP contribution in [0.4, 0.5) is 0 Å². The van der Waals surface area contributed by atoms with Gasteiger partial charge in [-0.3, -0.25) is 0 Å². The van der Waals surface area contributed by atoms with Crippen LogP contribution in [0.1, 0.15) is 20.7 Å². The molecule has 10 heteroatoms. The fraction of sp³-hybridized carbons (Fsp3) is 0.0476. The highest BCUT2D eigenvalue weighted by Gasteiger charge is 2.23. The molecule has 0 amide bonds. The molecule has 0 radical (unpaired) electrons. The number of carbonyl (C=O) groups is 2. The lowest BCUT2D eigenvalue weighted by Gasteiger charge is -2.13. The van der Waals surface area contributed by atoms with Crippen LogP contribution in [0, 0.1) is 0 Å². The molecule has 0 unspecified atom stereocenters. The van der Waals surface area contributed by atoms with E-state index < -0.39 is 11.9 Å². The average molecular weight is 448 g/mol. The zero-order valence-electron chi connectivity index (χ0n) is 15.9. The highest BCUT2D eigenvalue weighted by molar-refractivity contribution is 7.00. The molecule has 0 bridgehead atoms. The molecule has 31 heavy (non-hydrogen) atoms. The van der Waals surface area contributed by atoms with Crippen molar-refractivity contribution in [3.05, 3.63) is 65.7 Å². The van der Waals surface area contributed by atoms with Gasteiger partial charge < -0.3 is 9.47 Å². The van der Waals surface area contributed by atoms with Crippen LogP contribution in [-0.2, 0) is 4.74 Å². The third kappa shape index (κ3) is 3.51. The van der Waals surface area contributed by atoms with Crippen molar-refractivity contribution in [2.75, 3.05) is 7.11 Å². The summed E-state index contributed by atoms with van der Waals surface area (Å²) in [6, 6.07) is 15.2. The zero-order valence-corrected chi connectivity index (χ0v) is 17.6. The highest BCUT2D eigenvalue weighted by atomic mass is 32.1. The fourth-order valence-electron chi connectivity index (χ4n) is 3.24. The Morgan fingerprint density at radius 3 is 2.06 bits per heavy atom. The molecule has 3 aromatic carbocycles. The Labute approximate surface area is 183 Å². The lowest BCUT2D eigenvalue weighted by molar-refractivity contribution is 0.0601. The molecular weight excluding hydrogens is 436 g/mol. The van der Waals surface area contributed by atoms with Gasteiger partial charge in [0.2, 0.25) is 0 Å². The first-order valence-corrected chi connectivity index (χ1v) is 10.5. The van der Waals surface area contributed by atoms with E-state index in [1.165, 1.54) is 7.11 Å². The molecule has 0 fully saturated rings. The van der Waals surface area contributed by atoms with Gasteiger partial charge in [0.15, 0.2) is 0 Å². The lowest BCUT2D eigenvalue weighted by Crippen LogP contribution is -2.13. The molecule has 0 aliphatic heterocycles. The van der Waals surface area contributed by atoms with Gasteiger partial charge in [0.25, 0.3) is 0 Å². The molecule has 0 aliphatic rings.